The number of rotatable bonds is 5. The molecule has 0 spiro atoms. The molecule has 15 heavy (non-hydrogen) atoms. The third-order valence-corrected chi connectivity index (χ3v) is 1.76. The van der Waals surface area contributed by atoms with E-state index in [1.165, 1.54) is 7.11 Å². The van der Waals surface area contributed by atoms with Gasteiger partial charge in [0.05, 0.1) is 13.7 Å². The zero-order chi connectivity index (χ0) is 11.1. The second-order valence-corrected chi connectivity index (χ2v) is 2.84. The SMILES string of the molecule is COC(=O)c1cccnc1OCCCN. The molecule has 0 unspecified atom stereocenters. The number of nitrogens with two attached hydrogens (primary N) is 1. The number of hydrogen-bond donors (Lipinski definition) is 1. The molecule has 82 valence electrons. The standard InChI is InChI=1S/C10H14N2O3/c1-14-10(13)8-4-2-6-12-9(8)15-7-3-5-11/h2,4,6H,3,5,7,11H2,1H3. The van der Waals surface area contributed by atoms with Crippen molar-refractivity contribution in [3.05, 3.63) is 23.9 Å². The van der Waals surface area contributed by atoms with Crippen LogP contribution in [0.1, 0.15) is 16.8 Å². The molecule has 0 aromatic carbocycles. The van der Waals surface area contributed by atoms with Crippen LogP contribution in [0.2, 0.25) is 0 Å². The molecule has 0 aliphatic rings. The van der Waals surface area contributed by atoms with Crippen LogP contribution < -0.4 is 10.5 Å². The molecular formula is C10H14N2O3. The van der Waals surface area contributed by atoms with E-state index < -0.39 is 5.97 Å². The molecule has 0 atom stereocenters. The molecule has 0 aliphatic heterocycles. The van der Waals surface area contributed by atoms with Crippen molar-refractivity contribution in [1.29, 1.82) is 0 Å². The van der Waals surface area contributed by atoms with Crippen molar-refractivity contribution in [2.24, 2.45) is 5.73 Å². The Bertz CT molecular complexity index is 328. The van der Waals surface area contributed by atoms with Gasteiger partial charge in [-0.15, -0.1) is 0 Å². The molecule has 1 aromatic heterocycles. The van der Waals surface area contributed by atoms with Gasteiger partial charge >= 0.3 is 5.97 Å². The summed E-state index contributed by atoms with van der Waals surface area (Å²) in [7, 11) is 1.32. The van der Waals surface area contributed by atoms with Crippen LogP contribution in [0.4, 0.5) is 0 Å². The predicted molar refractivity (Wildman–Crippen MR) is 54.7 cm³/mol. The average Bonchev–Trinajstić information content (AvgIpc) is 2.29. The van der Waals surface area contributed by atoms with Gasteiger partial charge in [-0.1, -0.05) is 0 Å². The topological polar surface area (TPSA) is 74.4 Å². The Kier molecular flexibility index (Phi) is 4.56. The Balaban J connectivity index is 2.73. The van der Waals surface area contributed by atoms with E-state index in [4.69, 9.17) is 10.5 Å². The molecule has 5 nitrogen and oxygen atoms in total. The van der Waals surface area contributed by atoms with Gasteiger partial charge in [0.1, 0.15) is 5.56 Å². The Morgan fingerprint density at radius 1 is 1.60 bits per heavy atom. The van der Waals surface area contributed by atoms with Gasteiger partial charge in [0.15, 0.2) is 0 Å². The summed E-state index contributed by atoms with van der Waals surface area (Å²) in [6.07, 6.45) is 2.28. The van der Waals surface area contributed by atoms with Crippen LogP contribution in [0.15, 0.2) is 18.3 Å². The maximum Gasteiger partial charge on any atom is 0.343 e. The van der Waals surface area contributed by atoms with Crippen LogP contribution in [0.25, 0.3) is 0 Å². The van der Waals surface area contributed by atoms with Crippen molar-refractivity contribution in [2.75, 3.05) is 20.3 Å². The summed E-state index contributed by atoms with van der Waals surface area (Å²) in [5.41, 5.74) is 5.66. The number of carbonyl (C=O) groups is 1. The Morgan fingerprint density at radius 2 is 2.40 bits per heavy atom. The van der Waals surface area contributed by atoms with Crippen LogP contribution in [0.5, 0.6) is 5.88 Å². The third kappa shape index (κ3) is 3.21. The lowest BCUT2D eigenvalue weighted by molar-refractivity contribution is 0.0595. The summed E-state index contributed by atoms with van der Waals surface area (Å²) in [5.74, 6) is -0.163. The highest BCUT2D eigenvalue weighted by Gasteiger charge is 2.13. The summed E-state index contributed by atoms with van der Waals surface area (Å²) < 4.78 is 9.91. The minimum absolute atomic E-state index is 0.290. The first-order valence-corrected chi connectivity index (χ1v) is 4.65. The number of aromatic nitrogens is 1. The van der Waals surface area contributed by atoms with E-state index in [-0.39, 0.29) is 5.88 Å². The molecule has 1 rings (SSSR count). The van der Waals surface area contributed by atoms with Crippen molar-refractivity contribution in [3.8, 4) is 5.88 Å². The second kappa shape index (κ2) is 5.98. The number of ether oxygens (including phenoxy) is 2. The molecule has 0 amide bonds. The van der Waals surface area contributed by atoms with Crippen LogP contribution in [-0.2, 0) is 4.74 Å². The maximum atomic E-state index is 11.3. The van der Waals surface area contributed by atoms with Gasteiger partial charge in [-0.2, -0.15) is 0 Å². The zero-order valence-electron chi connectivity index (χ0n) is 8.60. The van der Waals surface area contributed by atoms with Crippen molar-refractivity contribution < 1.29 is 14.3 Å². The van der Waals surface area contributed by atoms with Crippen molar-refractivity contribution in [3.63, 3.8) is 0 Å². The highest BCUT2D eigenvalue weighted by atomic mass is 16.5. The molecule has 0 radical (unpaired) electrons. The average molecular weight is 210 g/mol. The fourth-order valence-corrected chi connectivity index (χ4v) is 1.02. The smallest absolute Gasteiger partial charge is 0.343 e. The van der Waals surface area contributed by atoms with Crippen LogP contribution in [0, 0.1) is 0 Å². The number of nitrogens with zero attached hydrogens (tertiary/aromatic N) is 1. The molecule has 0 saturated carbocycles. The summed E-state index contributed by atoms with van der Waals surface area (Å²) in [6, 6.07) is 3.26. The number of hydrogen-bond acceptors (Lipinski definition) is 5. The second-order valence-electron chi connectivity index (χ2n) is 2.84. The van der Waals surface area contributed by atoms with Gasteiger partial charge in [0.2, 0.25) is 5.88 Å². The van der Waals surface area contributed by atoms with E-state index in [0.717, 1.165) is 6.42 Å². The van der Waals surface area contributed by atoms with Crippen LogP contribution in [0.3, 0.4) is 0 Å². The summed E-state index contributed by atoms with van der Waals surface area (Å²) in [5, 5.41) is 0. The van der Waals surface area contributed by atoms with Gasteiger partial charge in [-0.05, 0) is 25.1 Å². The van der Waals surface area contributed by atoms with E-state index in [2.05, 4.69) is 9.72 Å². The molecule has 1 aromatic rings. The first-order valence-electron chi connectivity index (χ1n) is 4.65. The van der Waals surface area contributed by atoms with E-state index >= 15 is 0 Å². The highest BCUT2D eigenvalue weighted by molar-refractivity contribution is 5.91. The lowest BCUT2D eigenvalue weighted by atomic mass is 10.3. The quantitative estimate of drug-likeness (QED) is 0.569. The zero-order valence-corrected chi connectivity index (χ0v) is 8.60. The van der Waals surface area contributed by atoms with Gasteiger partial charge in [0.25, 0.3) is 0 Å². The molecule has 5 heteroatoms. The molecular weight excluding hydrogens is 196 g/mol. The number of esters is 1. The summed E-state index contributed by atoms with van der Waals surface area (Å²) in [4.78, 5) is 15.3. The minimum Gasteiger partial charge on any atom is -0.477 e. The predicted octanol–water partition coefficient (Wildman–Crippen LogP) is 0.596. The van der Waals surface area contributed by atoms with E-state index in [0.29, 0.717) is 18.7 Å². The van der Waals surface area contributed by atoms with E-state index in [9.17, 15) is 4.79 Å². The van der Waals surface area contributed by atoms with Crippen molar-refractivity contribution in [2.45, 2.75) is 6.42 Å². The molecule has 0 saturated heterocycles. The fourth-order valence-electron chi connectivity index (χ4n) is 1.02. The molecule has 2 N–H and O–H groups in total. The highest BCUT2D eigenvalue weighted by Crippen LogP contribution is 2.15. The number of methoxy groups -OCH3 is 1. The van der Waals surface area contributed by atoms with Crippen LogP contribution >= 0.6 is 0 Å². The summed E-state index contributed by atoms with van der Waals surface area (Å²) in [6.45, 7) is 0.984. The Labute approximate surface area is 88.2 Å². The van der Waals surface area contributed by atoms with E-state index in [1.807, 2.05) is 0 Å². The third-order valence-electron chi connectivity index (χ3n) is 1.76. The molecule has 0 bridgehead atoms. The monoisotopic (exact) mass is 210 g/mol. The minimum atomic E-state index is -0.453. The van der Waals surface area contributed by atoms with Gasteiger partial charge in [-0.3, -0.25) is 0 Å². The van der Waals surface area contributed by atoms with Crippen molar-refractivity contribution in [1.82, 2.24) is 4.98 Å². The van der Waals surface area contributed by atoms with Crippen LogP contribution in [-0.4, -0.2) is 31.2 Å². The Morgan fingerprint density at radius 3 is 3.07 bits per heavy atom. The summed E-state index contributed by atoms with van der Waals surface area (Å²) >= 11 is 0. The first kappa shape index (κ1) is 11.5. The normalized spacial score (nSPS) is 9.73. The fraction of sp³-hybridized carbons (Fsp3) is 0.400. The molecule has 0 aliphatic carbocycles. The number of carbonyl (C=O) groups excluding carboxylic acids is 1. The van der Waals surface area contributed by atoms with Gasteiger partial charge in [0, 0.05) is 6.20 Å². The number of pyridine rings is 1. The van der Waals surface area contributed by atoms with Gasteiger partial charge < -0.3 is 15.2 Å². The van der Waals surface area contributed by atoms with Crippen molar-refractivity contribution >= 4 is 5.97 Å². The Hall–Kier alpha value is -1.62. The lowest BCUT2D eigenvalue weighted by Gasteiger charge is -2.07. The maximum absolute atomic E-state index is 11.3. The first-order chi connectivity index (χ1) is 7.29. The molecule has 1 heterocycles. The molecule has 0 fully saturated rings. The lowest BCUT2D eigenvalue weighted by Crippen LogP contribution is -2.10. The van der Waals surface area contributed by atoms with Gasteiger partial charge in [-0.25, -0.2) is 9.78 Å². The largest absolute Gasteiger partial charge is 0.477 e. The van der Waals surface area contributed by atoms with E-state index in [1.54, 1.807) is 18.3 Å².